The third-order valence-corrected chi connectivity index (χ3v) is 3.50. The van der Waals surface area contributed by atoms with Gasteiger partial charge >= 0.3 is 11.9 Å². The second-order valence-corrected chi connectivity index (χ2v) is 5.47. The molecule has 26 heavy (non-hydrogen) atoms. The lowest BCUT2D eigenvalue weighted by Crippen LogP contribution is -2.04. The minimum Gasteiger partial charge on any atom is -0.426 e. The lowest BCUT2D eigenvalue weighted by atomic mass is 10.1. The van der Waals surface area contributed by atoms with Crippen molar-refractivity contribution in [1.29, 1.82) is 0 Å². The van der Waals surface area contributed by atoms with E-state index in [2.05, 4.69) is 9.97 Å². The molecule has 0 bridgehead atoms. The average molecular weight is 348 g/mol. The zero-order chi connectivity index (χ0) is 18.5. The number of benzene rings is 2. The molecule has 0 saturated carbocycles. The molecule has 0 radical (unpaired) electrons. The molecule has 0 fully saturated rings. The van der Waals surface area contributed by atoms with Crippen molar-refractivity contribution in [1.82, 2.24) is 9.97 Å². The predicted molar refractivity (Wildman–Crippen MR) is 95.5 cm³/mol. The highest BCUT2D eigenvalue weighted by molar-refractivity contribution is 5.79. The van der Waals surface area contributed by atoms with Crippen LogP contribution < -0.4 is 9.47 Å². The van der Waals surface area contributed by atoms with E-state index in [1.165, 1.54) is 20.2 Å². The molecular formula is C20H16N2O4. The third-order valence-electron chi connectivity index (χ3n) is 3.50. The SMILES string of the molecule is CC(=O)Oc1ccccc1-c1cc(-c2ccccc2OC(C)=O)ncn1. The Hall–Kier alpha value is -3.54. The summed E-state index contributed by atoms with van der Waals surface area (Å²) in [5.41, 5.74) is 2.50. The highest BCUT2D eigenvalue weighted by atomic mass is 16.5. The number of hydrogen-bond donors (Lipinski definition) is 0. The van der Waals surface area contributed by atoms with Gasteiger partial charge in [0.15, 0.2) is 0 Å². The number of nitrogens with zero attached hydrogens (tertiary/aromatic N) is 2. The van der Waals surface area contributed by atoms with Crippen LogP contribution in [-0.4, -0.2) is 21.9 Å². The number of carbonyl (C=O) groups is 2. The summed E-state index contributed by atoms with van der Waals surface area (Å²) in [5.74, 6) is 0.00899. The average Bonchev–Trinajstić information content (AvgIpc) is 2.62. The summed E-state index contributed by atoms with van der Waals surface area (Å²) in [7, 11) is 0. The van der Waals surface area contributed by atoms with E-state index >= 15 is 0 Å². The highest BCUT2D eigenvalue weighted by Crippen LogP contribution is 2.33. The molecule has 0 aliphatic rings. The molecule has 0 amide bonds. The fourth-order valence-electron chi connectivity index (χ4n) is 2.50. The van der Waals surface area contributed by atoms with Crippen molar-refractivity contribution < 1.29 is 19.1 Å². The van der Waals surface area contributed by atoms with Gasteiger partial charge in [0.25, 0.3) is 0 Å². The monoisotopic (exact) mass is 348 g/mol. The number of aromatic nitrogens is 2. The lowest BCUT2D eigenvalue weighted by Gasteiger charge is -2.11. The Labute approximate surface area is 150 Å². The van der Waals surface area contributed by atoms with E-state index in [0.29, 0.717) is 34.0 Å². The van der Waals surface area contributed by atoms with E-state index in [1.807, 2.05) is 24.3 Å². The van der Waals surface area contributed by atoms with Crippen LogP contribution in [0.1, 0.15) is 13.8 Å². The summed E-state index contributed by atoms with van der Waals surface area (Å²) in [6, 6.07) is 16.0. The first-order valence-corrected chi connectivity index (χ1v) is 7.92. The summed E-state index contributed by atoms with van der Waals surface area (Å²) >= 11 is 0. The number of para-hydroxylation sites is 2. The molecule has 0 saturated heterocycles. The largest absolute Gasteiger partial charge is 0.426 e. The first-order valence-electron chi connectivity index (χ1n) is 7.92. The molecule has 0 aliphatic heterocycles. The molecular weight excluding hydrogens is 332 g/mol. The van der Waals surface area contributed by atoms with E-state index in [4.69, 9.17) is 9.47 Å². The van der Waals surface area contributed by atoms with Crippen LogP contribution >= 0.6 is 0 Å². The van der Waals surface area contributed by atoms with Gasteiger partial charge < -0.3 is 9.47 Å². The molecule has 130 valence electrons. The number of rotatable bonds is 4. The maximum atomic E-state index is 11.3. The Morgan fingerprint density at radius 2 is 1.15 bits per heavy atom. The van der Waals surface area contributed by atoms with Gasteiger partial charge in [-0.3, -0.25) is 9.59 Å². The second-order valence-electron chi connectivity index (χ2n) is 5.47. The maximum Gasteiger partial charge on any atom is 0.308 e. The van der Waals surface area contributed by atoms with E-state index in [1.54, 1.807) is 30.3 Å². The molecule has 2 aromatic carbocycles. The van der Waals surface area contributed by atoms with Gasteiger partial charge in [-0.2, -0.15) is 0 Å². The minimum atomic E-state index is -0.410. The Bertz CT molecular complexity index is 895. The fraction of sp³-hybridized carbons (Fsp3) is 0.100. The molecule has 0 spiro atoms. The molecule has 1 aromatic heterocycles. The summed E-state index contributed by atoms with van der Waals surface area (Å²) in [5, 5.41) is 0. The van der Waals surface area contributed by atoms with Crippen molar-refractivity contribution in [2.75, 3.05) is 0 Å². The van der Waals surface area contributed by atoms with Crippen LogP contribution in [0.4, 0.5) is 0 Å². The van der Waals surface area contributed by atoms with Crippen molar-refractivity contribution in [3.05, 3.63) is 60.9 Å². The van der Waals surface area contributed by atoms with Gasteiger partial charge in [0.05, 0.1) is 11.4 Å². The van der Waals surface area contributed by atoms with Crippen LogP contribution in [0, 0.1) is 0 Å². The van der Waals surface area contributed by atoms with Crippen molar-refractivity contribution in [2.24, 2.45) is 0 Å². The topological polar surface area (TPSA) is 78.4 Å². The third kappa shape index (κ3) is 3.92. The molecule has 0 atom stereocenters. The normalized spacial score (nSPS) is 10.2. The second kappa shape index (κ2) is 7.57. The summed E-state index contributed by atoms with van der Waals surface area (Å²) < 4.78 is 10.5. The predicted octanol–water partition coefficient (Wildman–Crippen LogP) is 3.66. The Balaban J connectivity index is 2.06. The van der Waals surface area contributed by atoms with Gasteiger partial charge in [0.2, 0.25) is 0 Å². The van der Waals surface area contributed by atoms with E-state index < -0.39 is 11.9 Å². The fourth-order valence-corrected chi connectivity index (χ4v) is 2.50. The molecule has 6 heteroatoms. The van der Waals surface area contributed by atoms with Gasteiger partial charge in [-0.1, -0.05) is 24.3 Å². The molecule has 0 N–H and O–H groups in total. The standard InChI is InChI=1S/C20H16N2O4/c1-13(23)25-19-9-5-3-7-15(19)17-11-18(22-12-21-17)16-8-4-6-10-20(16)26-14(2)24/h3-12H,1-2H3. The van der Waals surface area contributed by atoms with Gasteiger partial charge in [-0.05, 0) is 30.3 Å². The van der Waals surface area contributed by atoms with Crippen LogP contribution in [0.15, 0.2) is 60.9 Å². The molecule has 3 rings (SSSR count). The number of esters is 2. The van der Waals surface area contributed by atoms with Crippen molar-refractivity contribution in [3.8, 4) is 34.0 Å². The van der Waals surface area contributed by atoms with Crippen LogP contribution in [0.25, 0.3) is 22.5 Å². The quantitative estimate of drug-likeness (QED) is 0.529. The molecule has 0 aliphatic carbocycles. The lowest BCUT2D eigenvalue weighted by molar-refractivity contribution is -0.132. The van der Waals surface area contributed by atoms with Gasteiger partial charge in [0, 0.05) is 25.0 Å². The van der Waals surface area contributed by atoms with Gasteiger partial charge in [-0.15, -0.1) is 0 Å². The van der Waals surface area contributed by atoms with Crippen LogP contribution in [0.5, 0.6) is 11.5 Å². The Morgan fingerprint density at radius 3 is 1.58 bits per heavy atom. The molecule has 1 heterocycles. The van der Waals surface area contributed by atoms with E-state index in [-0.39, 0.29) is 0 Å². The number of hydrogen-bond acceptors (Lipinski definition) is 6. The zero-order valence-corrected chi connectivity index (χ0v) is 14.3. The first kappa shape index (κ1) is 17.3. The Kier molecular flexibility index (Phi) is 5.03. The zero-order valence-electron chi connectivity index (χ0n) is 14.3. The number of ether oxygens (including phenoxy) is 2. The van der Waals surface area contributed by atoms with Gasteiger partial charge in [-0.25, -0.2) is 9.97 Å². The van der Waals surface area contributed by atoms with E-state index in [9.17, 15) is 9.59 Å². The highest BCUT2D eigenvalue weighted by Gasteiger charge is 2.13. The first-order chi connectivity index (χ1) is 12.5. The van der Waals surface area contributed by atoms with Crippen molar-refractivity contribution in [3.63, 3.8) is 0 Å². The summed E-state index contributed by atoms with van der Waals surface area (Å²) in [6.45, 7) is 2.69. The Morgan fingerprint density at radius 1 is 0.731 bits per heavy atom. The summed E-state index contributed by atoms with van der Waals surface area (Å²) in [4.78, 5) is 31.2. The summed E-state index contributed by atoms with van der Waals surface area (Å²) in [6.07, 6.45) is 1.42. The van der Waals surface area contributed by atoms with Crippen LogP contribution in [-0.2, 0) is 9.59 Å². The number of carbonyl (C=O) groups excluding carboxylic acids is 2. The van der Waals surface area contributed by atoms with Crippen LogP contribution in [0.2, 0.25) is 0 Å². The van der Waals surface area contributed by atoms with Crippen molar-refractivity contribution >= 4 is 11.9 Å². The van der Waals surface area contributed by atoms with E-state index in [0.717, 1.165) is 0 Å². The minimum absolute atomic E-state index is 0.410. The van der Waals surface area contributed by atoms with Gasteiger partial charge in [0.1, 0.15) is 17.8 Å². The maximum absolute atomic E-state index is 11.3. The smallest absolute Gasteiger partial charge is 0.308 e. The van der Waals surface area contributed by atoms with Crippen molar-refractivity contribution in [2.45, 2.75) is 13.8 Å². The van der Waals surface area contributed by atoms with Crippen LogP contribution in [0.3, 0.4) is 0 Å². The molecule has 3 aromatic rings. The molecule has 6 nitrogen and oxygen atoms in total. The molecule has 0 unspecified atom stereocenters.